The van der Waals surface area contributed by atoms with Crippen molar-refractivity contribution in [2.75, 3.05) is 32.8 Å². The third-order valence-corrected chi connectivity index (χ3v) is 4.91. The molecule has 126 valence electrons. The van der Waals surface area contributed by atoms with Crippen molar-refractivity contribution in [3.8, 4) is 5.75 Å². The Morgan fingerprint density at radius 3 is 2.65 bits per heavy atom. The Morgan fingerprint density at radius 1 is 1.22 bits per heavy atom. The molecule has 1 aliphatic carbocycles. The SMILES string of the molecule is CC(=O)c1ccccc1OCCN1CCC(NCC2CC2)CC1. The predicted octanol–water partition coefficient (Wildman–Crippen LogP) is 2.73. The first-order chi connectivity index (χ1) is 11.2. The number of nitrogens with zero attached hydrogens (tertiary/aromatic N) is 1. The van der Waals surface area contributed by atoms with Gasteiger partial charge in [-0.05, 0) is 70.3 Å². The van der Waals surface area contributed by atoms with E-state index in [9.17, 15) is 4.79 Å². The van der Waals surface area contributed by atoms with Crippen LogP contribution in [-0.2, 0) is 0 Å². The van der Waals surface area contributed by atoms with Gasteiger partial charge in [0.2, 0.25) is 0 Å². The highest BCUT2D eigenvalue weighted by molar-refractivity contribution is 5.96. The van der Waals surface area contributed by atoms with E-state index in [2.05, 4.69) is 10.2 Å². The molecular formula is C19H28N2O2. The summed E-state index contributed by atoms with van der Waals surface area (Å²) in [5.41, 5.74) is 0.676. The molecule has 4 nitrogen and oxygen atoms in total. The molecule has 0 bridgehead atoms. The Hall–Kier alpha value is -1.39. The molecule has 2 aliphatic rings. The van der Waals surface area contributed by atoms with Crippen LogP contribution in [0.1, 0.15) is 43.0 Å². The van der Waals surface area contributed by atoms with Gasteiger partial charge in [0, 0.05) is 12.6 Å². The largest absolute Gasteiger partial charge is 0.491 e. The Balaban J connectivity index is 1.36. The second kappa shape index (κ2) is 7.93. The number of nitrogens with one attached hydrogen (secondary N) is 1. The minimum atomic E-state index is 0.0585. The zero-order valence-corrected chi connectivity index (χ0v) is 14.1. The molecule has 0 atom stereocenters. The van der Waals surface area contributed by atoms with Crippen LogP contribution in [-0.4, -0.2) is 49.5 Å². The second-order valence-corrected chi connectivity index (χ2v) is 6.87. The summed E-state index contributed by atoms with van der Waals surface area (Å²) in [6, 6.07) is 8.20. The topological polar surface area (TPSA) is 41.6 Å². The Morgan fingerprint density at radius 2 is 1.96 bits per heavy atom. The number of Topliss-reactive ketones (excluding diaryl/α,β-unsaturated/α-hetero) is 1. The quantitative estimate of drug-likeness (QED) is 0.749. The first kappa shape index (κ1) is 16.5. The minimum Gasteiger partial charge on any atom is -0.491 e. The van der Waals surface area contributed by atoms with Crippen LogP contribution in [0.15, 0.2) is 24.3 Å². The maximum absolute atomic E-state index is 11.6. The molecule has 23 heavy (non-hydrogen) atoms. The molecule has 1 saturated heterocycles. The van der Waals surface area contributed by atoms with Gasteiger partial charge in [0.05, 0.1) is 5.56 Å². The van der Waals surface area contributed by atoms with Crippen LogP contribution in [0.4, 0.5) is 0 Å². The number of benzene rings is 1. The summed E-state index contributed by atoms with van der Waals surface area (Å²) >= 11 is 0. The highest BCUT2D eigenvalue weighted by Crippen LogP contribution is 2.28. The maximum Gasteiger partial charge on any atom is 0.163 e. The zero-order chi connectivity index (χ0) is 16.1. The first-order valence-electron chi connectivity index (χ1n) is 8.91. The van der Waals surface area contributed by atoms with Crippen molar-refractivity contribution < 1.29 is 9.53 Å². The first-order valence-corrected chi connectivity index (χ1v) is 8.91. The van der Waals surface area contributed by atoms with Gasteiger partial charge in [0.1, 0.15) is 12.4 Å². The van der Waals surface area contributed by atoms with Gasteiger partial charge < -0.3 is 10.1 Å². The van der Waals surface area contributed by atoms with Crippen LogP contribution in [0.2, 0.25) is 0 Å². The van der Waals surface area contributed by atoms with Crippen molar-refractivity contribution in [2.45, 2.75) is 38.6 Å². The van der Waals surface area contributed by atoms with E-state index in [-0.39, 0.29) is 5.78 Å². The highest BCUT2D eigenvalue weighted by atomic mass is 16.5. The van der Waals surface area contributed by atoms with E-state index in [0.717, 1.165) is 25.6 Å². The van der Waals surface area contributed by atoms with E-state index < -0.39 is 0 Å². The molecule has 1 aliphatic heterocycles. The molecule has 0 amide bonds. The van der Waals surface area contributed by atoms with Gasteiger partial charge in [-0.25, -0.2) is 0 Å². The number of carbonyl (C=O) groups excluding carboxylic acids is 1. The zero-order valence-electron chi connectivity index (χ0n) is 14.1. The predicted molar refractivity (Wildman–Crippen MR) is 92.1 cm³/mol. The van der Waals surface area contributed by atoms with Gasteiger partial charge in [-0.2, -0.15) is 0 Å². The lowest BCUT2D eigenvalue weighted by Gasteiger charge is -2.32. The molecule has 0 unspecified atom stereocenters. The summed E-state index contributed by atoms with van der Waals surface area (Å²) < 4.78 is 5.84. The number of likely N-dealkylation sites (tertiary alicyclic amines) is 1. The molecule has 1 heterocycles. The molecule has 0 aromatic heterocycles. The van der Waals surface area contributed by atoms with Crippen LogP contribution < -0.4 is 10.1 Å². The number of carbonyl (C=O) groups is 1. The molecule has 0 radical (unpaired) electrons. The van der Waals surface area contributed by atoms with Crippen LogP contribution in [0.25, 0.3) is 0 Å². The minimum absolute atomic E-state index is 0.0585. The molecule has 2 fully saturated rings. The van der Waals surface area contributed by atoms with Crippen LogP contribution in [0.3, 0.4) is 0 Å². The molecule has 0 spiro atoms. The average molecular weight is 316 g/mol. The summed E-state index contributed by atoms with van der Waals surface area (Å²) in [4.78, 5) is 14.0. The Kier molecular flexibility index (Phi) is 5.68. The maximum atomic E-state index is 11.6. The van der Waals surface area contributed by atoms with Gasteiger partial charge in [-0.15, -0.1) is 0 Å². The fourth-order valence-electron chi connectivity index (χ4n) is 3.18. The molecule has 1 saturated carbocycles. The van der Waals surface area contributed by atoms with E-state index in [0.29, 0.717) is 24.0 Å². The number of piperidine rings is 1. The summed E-state index contributed by atoms with van der Waals surface area (Å²) in [6.45, 7) is 6.66. The molecule has 1 aromatic carbocycles. The van der Waals surface area contributed by atoms with Crippen LogP contribution in [0, 0.1) is 5.92 Å². The van der Waals surface area contributed by atoms with Crippen molar-refractivity contribution in [1.82, 2.24) is 10.2 Å². The van der Waals surface area contributed by atoms with E-state index in [1.165, 1.54) is 32.2 Å². The van der Waals surface area contributed by atoms with E-state index in [4.69, 9.17) is 4.74 Å². The van der Waals surface area contributed by atoms with Crippen molar-refractivity contribution in [3.63, 3.8) is 0 Å². The lowest BCUT2D eigenvalue weighted by atomic mass is 10.0. The lowest BCUT2D eigenvalue weighted by molar-refractivity contribution is 0.101. The molecule has 1 aromatic rings. The van der Waals surface area contributed by atoms with Gasteiger partial charge >= 0.3 is 0 Å². The number of rotatable bonds is 8. The molecule has 1 N–H and O–H groups in total. The molecular weight excluding hydrogens is 288 g/mol. The summed E-state index contributed by atoms with van der Waals surface area (Å²) in [6.07, 6.45) is 5.31. The van der Waals surface area contributed by atoms with Crippen molar-refractivity contribution in [2.24, 2.45) is 5.92 Å². The Labute approximate surface area is 139 Å². The molecule has 4 heteroatoms. The lowest BCUT2D eigenvalue weighted by Crippen LogP contribution is -2.44. The number of ketones is 1. The monoisotopic (exact) mass is 316 g/mol. The smallest absolute Gasteiger partial charge is 0.163 e. The fourth-order valence-corrected chi connectivity index (χ4v) is 3.18. The summed E-state index contributed by atoms with van der Waals surface area (Å²) in [5, 5.41) is 3.71. The van der Waals surface area contributed by atoms with E-state index in [1.807, 2.05) is 24.3 Å². The van der Waals surface area contributed by atoms with Crippen molar-refractivity contribution in [1.29, 1.82) is 0 Å². The summed E-state index contributed by atoms with van der Waals surface area (Å²) in [7, 11) is 0. The normalized spacial score (nSPS) is 19.7. The summed E-state index contributed by atoms with van der Waals surface area (Å²) in [5.74, 6) is 1.73. The van der Waals surface area contributed by atoms with E-state index in [1.54, 1.807) is 6.92 Å². The third kappa shape index (κ3) is 5.05. The van der Waals surface area contributed by atoms with Gasteiger partial charge in [0.25, 0.3) is 0 Å². The number of hydrogen-bond acceptors (Lipinski definition) is 4. The van der Waals surface area contributed by atoms with Gasteiger partial charge in [-0.1, -0.05) is 12.1 Å². The second-order valence-electron chi connectivity index (χ2n) is 6.87. The average Bonchev–Trinajstić information content (AvgIpc) is 3.39. The number of ether oxygens (including phenoxy) is 1. The van der Waals surface area contributed by atoms with Crippen LogP contribution in [0.5, 0.6) is 5.75 Å². The van der Waals surface area contributed by atoms with Crippen LogP contribution >= 0.6 is 0 Å². The van der Waals surface area contributed by atoms with Crippen molar-refractivity contribution in [3.05, 3.63) is 29.8 Å². The standard InChI is InChI=1S/C19H28N2O2/c1-15(22)18-4-2-3-5-19(18)23-13-12-21-10-8-17(9-11-21)20-14-16-6-7-16/h2-5,16-17,20H,6-14H2,1H3. The number of hydrogen-bond donors (Lipinski definition) is 1. The number of para-hydroxylation sites is 1. The Bertz CT molecular complexity index is 520. The van der Waals surface area contributed by atoms with Gasteiger partial charge in [-0.3, -0.25) is 9.69 Å². The van der Waals surface area contributed by atoms with E-state index >= 15 is 0 Å². The van der Waals surface area contributed by atoms with Gasteiger partial charge in [0.15, 0.2) is 5.78 Å². The van der Waals surface area contributed by atoms with Crippen molar-refractivity contribution >= 4 is 5.78 Å². The highest BCUT2D eigenvalue weighted by Gasteiger charge is 2.24. The third-order valence-electron chi connectivity index (χ3n) is 4.91. The molecule has 3 rings (SSSR count). The fraction of sp³-hybridized carbons (Fsp3) is 0.632.